The lowest BCUT2D eigenvalue weighted by Crippen LogP contribution is -2.19. The van der Waals surface area contributed by atoms with Crippen LogP contribution in [0.2, 0.25) is 0 Å². The summed E-state index contributed by atoms with van der Waals surface area (Å²) in [5.41, 5.74) is 3.12. The van der Waals surface area contributed by atoms with Gasteiger partial charge in [0.1, 0.15) is 5.55 Å². The Morgan fingerprint density at radius 1 is 1.88 bits per heavy atom. The molecule has 0 spiro atoms. The number of nitrogens with zero attached hydrogens (tertiary/aromatic N) is 1. The average Bonchev–Trinajstić information content (AvgIpc) is 2.17. The summed E-state index contributed by atoms with van der Waals surface area (Å²) in [6, 6.07) is 0. The Morgan fingerprint density at radius 3 is 2.88 bits per heavy atom. The van der Waals surface area contributed by atoms with Crippen LogP contribution < -0.4 is 0 Å². The van der Waals surface area contributed by atoms with Crippen molar-refractivity contribution in [2.24, 2.45) is 4.99 Å². The maximum Gasteiger partial charge on any atom is 0.123 e. The fourth-order valence-corrected chi connectivity index (χ4v) is 1.47. The van der Waals surface area contributed by atoms with Crippen molar-refractivity contribution in [1.82, 2.24) is 0 Å². The van der Waals surface area contributed by atoms with Crippen molar-refractivity contribution >= 4 is 17.3 Å². The molecule has 0 aliphatic carbocycles. The van der Waals surface area contributed by atoms with Crippen molar-refractivity contribution in [3.63, 3.8) is 0 Å². The summed E-state index contributed by atoms with van der Waals surface area (Å²) >= 11 is 1.69. The second-order valence-electron chi connectivity index (χ2n) is 2.34. The van der Waals surface area contributed by atoms with E-state index in [1.54, 1.807) is 11.8 Å². The third kappa shape index (κ3) is 1.05. The molecule has 0 bridgehead atoms. The van der Waals surface area contributed by atoms with Crippen LogP contribution in [0.1, 0.15) is 20.3 Å². The van der Waals surface area contributed by atoms with Gasteiger partial charge in [0.05, 0.1) is 5.54 Å². The summed E-state index contributed by atoms with van der Waals surface area (Å²) in [5.74, 6) is 1.11. The largest absolute Gasteiger partial charge is 0.268 e. The molecule has 1 atom stereocenters. The van der Waals surface area contributed by atoms with Gasteiger partial charge in [0, 0.05) is 5.75 Å². The summed E-state index contributed by atoms with van der Waals surface area (Å²) in [4.78, 5) is 4.20. The maximum absolute atomic E-state index is 4.20. The van der Waals surface area contributed by atoms with Gasteiger partial charge in [-0.1, -0.05) is 6.92 Å². The predicted molar refractivity (Wildman–Crippen MR) is 38.6 cm³/mol. The zero-order chi connectivity index (χ0) is 6.04. The summed E-state index contributed by atoms with van der Waals surface area (Å²) in [5, 5.41) is 0. The van der Waals surface area contributed by atoms with Gasteiger partial charge in [-0.3, -0.25) is 4.99 Å². The number of rotatable bonds is 1. The molecule has 2 heteroatoms. The molecule has 8 heavy (non-hydrogen) atoms. The molecule has 1 rings (SSSR count). The van der Waals surface area contributed by atoms with E-state index in [1.807, 2.05) is 0 Å². The normalized spacial score (nSPS) is 36.2. The van der Waals surface area contributed by atoms with Gasteiger partial charge in [-0.2, -0.15) is 0 Å². The Bertz CT molecular complexity index is 111. The molecule has 0 aromatic carbocycles. The molecule has 1 aliphatic rings. The average molecular weight is 128 g/mol. The van der Waals surface area contributed by atoms with Crippen molar-refractivity contribution in [2.45, 2.75) is 25.8 Å². The highest BCUT2D eigenvalue weighted by Gasteiger charge is 2.23. The molecule has 0 fully saturated rings. The topological polar surface area (TPSA) is 12.4 Å². The van der Waals surface area contributed by atoms with Gasteiger partial charge in [0.15, 0.2) is 0 Å². The lowest BCUT2D eigenvalue weighted by Gasteiger charge is -2.15. The molecular formula is C6H10NS. The Balaban J connectivity index is 2.54. The van der Waals surface area contributed by atoms with Crippen LogP contribution in [-0.4, -0.2) is 16.8 Å². The lowest BCUT2D eigenvalue weighted by atomic mass is 10.0. The minimum absolute atomic E-state index is 0.213. The highest BCUT2D eigenvalue weighted by molar-refractivity contribution is 8.12. The highest BCUT2D eigenvalue weighted by atomic mass is 32.2. The molecule has 0 aromatic rings. The van der Waals surface area contributed by atoms with Crippen LogP contribution >= 0.6 is 11.8 Å². The van der Waals surface area contributed by atoms with Crippen molar-refractivity contribution in [3.8, 4) is 0 Å². The Morgan fingerprint density at radius 2 is 2.62 bits per heavy atom. The second kappa shape index (κ2) is 2.09. The van der Waals surface area contributed by atoms with Gasteiger partial charge in [-0.25, -0.2) is 0 Å². The Kier molecular flexibility index (Phi) is 1.61. The summed E-state index contributed by atoms with van der Waals surface area (Å²) in [6.07, 6.45) is 1.13. The molecule has 0 N–H and O–H groups in total. The maximum atomic E-state index is 4.20. The van der Waals surface area contributed by atoms with E-state index in [9.17, 15) is 0 Å². The van der Waals surface area contributed by atoms with E-state index in [4.69, 9.17) is 0 Å². The van der Waals surface area contributed by atoms with Gasteiger partial charge in [-0.15, -0.1) is 11.8 Å². The number of hydrogen-bond acceptors (Lipinski definition) is 2. The zero-order valence-corrected chi connectivity index (χ0v) is 6.09. The predicted octanol–water partition coefficient (Wildman–Crippen LogP) is 1.81. The lowest BCUT2D eigenvalue weighted by molar-refractivity contribution is 0.524. The van der Waals surface area contributed by atoms with Gasteiger partial charge in [0.25, 0.3) is 0 Å². The fraction of sp³-hybridized carbons (Fsp3) is 0.833. The van der Waals surface area contributed by atoms with Crippen molar-refractivity contribution < 1.29 is 0 Å². The Labute approximate surface area is 54.6 Å². The smallest absolute Gasteiger partial charge is 0.123 e. The van der Waals surface area contributed by atoms with Gasteiger partial charge >= 0.3 is 0 Å². The van der Waals surface area contributed by atoms with E-state index in [2.05, 4.69) is 24.4 Å². The van der Waals surface area contributed by atoms with Crippen LogP contribution in [0.15, 0.2) is 4.99 Å². The SMILES string of the molecule is CCC1(C)CS[C]=N1. The molecule has 0 saturated carbocycles. The van der Waals surface area contributed by atoms with Gasteiger partial charge in [0.2, 0.25) is 0 Å². The summed E-state index contributed by atoms with van der Waals surface area (Å²) < 4.78 is 0. The fourth-order valence-electron chi connectivity index (χ4n) is 0.544. The molecule has 1 nitrogen and oxygen atoms in total. The second-order valence-corrected chi connectivity index (χ2v) is 3.10. The molecule has 1 heterocycles. The first-order valence-corrected chi connectivity index (χ1v) is 3.84. The van der Waals surface area contributed by atoms with Crippen molar-refractivity contribution in [2.75, 3.05) is 5.75 Å². The minimum Gasteiger partial charge on any atom is -0.268 e. The van der Waals surface area contributed by atoms with Gasteiger partial charge in [-0.05, 0) is 13.3 Å². The van der Waals surface area contributed by atoms with Crippen LogP contribution in [0.4, 0.5) is 0 Å². The third-order valence-corrected chi connectivity index (χ3v) is 2.51. The van der Waals surface area contributed by atoms with Crippen LogP contribution in [0.5, 0.6) is 0 Å². The summed E-state index contributed by atoms with van der Waals surface area (Å²) in [6.45, 7) is 4.33. The van der Waals surface area contributed by atoms with Crippen LogP contribution in [0.3, 0.4) is 0 Å². The Hall–Kier alpha value is 0.0200. The molecule has 1 aliphatic heterocycles. The first kappa shape index (κ1) is 6.14. The quantitative estimate of drug-likeness (QED) is 0.524. The standard InChI is InChI=1S/C6H10NS/c1-3-6(2)4-8-5-7-6/h3-4H2,1-2H3. The van der Waals surface area contributed by atoms with Crippen LogP contribution in [0.25, 0.3) is 0 Å². The van der Waals surface area contributed by atoms with E-state index in [1.165, 1.54) is 0 Å². The molecule has 1 unspecified atom stereocenters. The first-order chi connectivity index (χ1) is 3.77. The van der Waals surface area contributed by atoms with E-state index in [0.29, 0.717) is 0 Å². The highest BCUT2D eigenvalue weighted by Crippen LogP contribution is 2.25. The van der Waals surface area contributed by atoms with E-state index in [-0.39, 0.29) is 5.54 Å². The van der Waals surface area contributed by atoms with Crippen molar-refractivity contribution in [3.05, 3.63) is 0 Å². The molecule has 0 aromatic heterocycles. The number of thioether (sulfide) groups is 1. The van der Waals surface area contributed by atoms with Gasteiger partial charge < -0.3 is 0 Å². The van der Waals surface area contributed by atoms with Crippen molar-refractivity contribution in [1.29, 1.82) is 0 Å². The minimum atomic E-state index is 0.213. The summed E-state index contributed by atoms with van der Waals surface area (Å²) in [7, 11) is 0. The third-order valence-electron chi connectivity index (χ3n) is 1.52. The molecule has 0 amide bonds. The number of hydrogen-bond donors (Lipinski definition) is 0. The van der Waals surface area contributed by atoms with E-state index < -0.39 is 0 Å². The van der Waals surface area contributed by atoms with E-state index in [0.717, 1.165) is 12.2 Å². The molecular weight excluding hydrogens is 118 g/mol. The van der Waals surface area contributed by atoms with Crippen LogP contribution in [0, 0.1) is 0 Å². The van der Waals surface area contributed by atoms with E-state index >= 15 is 0 Å². The molecule has 1 radical (unpaired) electrons. The van der Waals surface area contributed by atoms with Crippen LogP contribution in [-0.2, 0) is 0 Å². The zero-order valence-electron chi connectivity index (χ0n) is 5.27. The number of aliphatic imine (C=N–C) groups is 1. The first-order valence-electron chi connectivity index (χ1n) is 2.85. The molecule has 45 valence electrons. The monoisotopic (exact) mass is 128 g/mol. The molecule has 0 saturated heterocycles.